The van der Waals surface area contributed by atoms with E-state index in [1.54, 1.807) is 6.07 Å². The molecule has 170 valence electrons. The number of anilines is 1. The Morgan fingerprint density at radius 2 is 1.65 bits per heavy atom. The summed E-state index contributed by atoms with van der Waals surface area (Å²) in [5, 5.41) is 18.3. The average Bonchev–Trinajstić information content (AvgIpc) is 2.84. The smallest absolute Gasteiger partial charge is 0.254 e. The van der Waals surface area contributed by atoms with Gasteiger partial charge < -0.3 is 10.6 Å². The number of carbonyl (C=O) groups is 1. The van der Waals surface area contributed by atoms with Crippen LogP contribution in [-0.4, -0.2) is 5.91 Å². The maximum Gasteiger partial charge on any atom is 0.254 e. The normalized spacial score (nSPS) is 15.5. The quantitative estimate of drug-likeness (QED) is 0.369. The lowest BCUT2D eigenvalue weighted by atomic mass is 9.82. The molecule has 0 aliphatic carbocycles. The first kappa shape index (κ1) is 24.0. The van der Waals surface area contributed by atoms with Crippen LogP contribution in [0.1, 0.15) is 24.0 Å². The minimum absolute atomic E-state index is 0.288. The molecule has 4 rings (SSSR count). The van der Waals surface area contributed by atoms with Gasteiger partial charge >= 0.3 is 0 Å². The molecular weight excluding hydrogens is 485 g/mol. The minimum Gasteiger partial charge on any atom is -0.353 e. The van der Waals surface area contributed by atoms with Gasteiger partial charge in [0.2, 0.25) is 0 Å². The summed E-state index contributed by atoms with van der Waals surface area (Å²) in [7, 11) is 0. The summed E-state index contributed by atoms with van der Waals surface area (Å²) >= 11 is 14.4. The van der Waals surface area contributed by atoms with Crippen molar-refractivity contribution in [2.24, 2.45) is 0 Å². The summed E-state index contributed by atoms with van der Waals surface area (Å²) in [5.41, 5.74) is 3.90. The van der Waals surface area contributed by atoms with Crippen molar-refractivity contribution in [3.8, 4) is 6.07 Å². The molecule has 1 amide bonds. The van der Waals surface area contributed by atoms with E-state index in [0.717, 1.165) is 5.56 Å². The Bertz CT molecular complexity index is 1330. The third-order valence-electron chi connectivity index (χ3n) is 5.47. The first-order chi connectivity index (χ1) is 16.5. The van der Waals surface area contributed by atoms with Gasteiger partial charge in [-0.3, -0.25) is 4.79 Å². The van der Waals surface area contributed by atoms with E-state index in [1.807, 2.05) is 79.7 Å². The summed E-state index contributed by atoms with van der Waals surface area (Å²) in [4.78, 5) is 13.5. The molecule has 2 N–H and O–H groups in total. The third-order valence-corrected chi connectivity index (χ3v) is 7.25. The first-order valence-corrected chi connectivity index (χ1v) is 12.3. The summed E-state index contributed by atoms with van der Waals surface area (Å²) in [6, 6.07) is 26.5. The van der Waals surface area contributed by atoms with Crippen LogP contribution < -0.4 is 10.6 Å². The summed E-state index contributed by atoms with van der Waals surface area (Å²) < 4.78 is 0. The Labute approximate surface area is 213 Å². The largest absolute Gasteiger partial charge is 0.353 e. The van der Waals surface area contributed by atoms with E-state index < -0.39 is 5.92 Å². The second-order valence-electron chi connectivity index (χ2n) is 7.67. The van der Waals surface area contributed by atoms with E-state index in [0.29, 0.717) is 48.9 Å². The molecule has 4 nitrogen and oxygen atoms in total. The van der Waals surface area contributed by atoms with Crippen molar-refractivity contribution >= 4 is 46.6 Å². The third kappa shape index (κ3) is 5.15. The molecule has 1 heterocycles. The molecule has 34 heavy (non-hydrogen) atoms. The summed E-state index contributed by atoms with van der Waals surface area (Å²) in [5.74, 6) is -0.331. The topological polar surface area (TPSA) is 64.9 Å². The molecule has 0 saturated heterocycles. The van der Waals surface area contributed by atoms with Gasteiger partial charge in [0.05, 0.1) is 22.6 Å². The Morgan fingerprint density at radius 1 is 1.00 bits per heavy atom. The summed E-state index contributed by atoms with van der Waals surface area (Å²) in [6.45, 7) is 1.84. The molecule has 3 aromatic carbocycles. The molecule has 1 atom stereocenters. The number of allylic oxidation sites excluding steroid dienone is 2. The fourth-order valence-corrected chi connectivity index (χ4v) is 5.46. The van der Waals surface area contributed by atoms with E-state index in [1.165, 1.54) is 11.8 Å². The van der Waals surface area contributed by atoms with Crippen molar-refractivity contribution in [1.82, 2.24) is 5.32 Å². The van der Waals surface area contributed by atoms with Crippen LogP contribution in [0.3, 0.4) is 0 Å². The maximum atomic E-state index is 13.5. The molecule has 0 unspecified atom stereocenters. The van der Waals surface area contributed by atoms with Crippen LogP contribution in [0.4, 0.5) is 5.69 Å². The van der Waals surface area contributed by atoms with Gasteiger partial charge in [0.25, 0.3) is 5.91 Å². The van der Waals surface area contributed by atoms with Crippen LogP contribution in [-0.2, 0) is 10.5 Å². The number of rotatable bonds is 6. The fourth-order valence-electron chi connectivity index (χ4n) is 3.83. The lowest BCUT2D eigenvalue weighted by Crippen LogP contribution is -2.30. The number of hydrogen-bond donors (Lipinski definition) is 2. The molecule has 1 aliphatic heterocycles. The number of nitrogens with one attached hydrogen (secondary N) is 2. The average molecular weight is 506 g/mol. The predicted molar refractivity (Wildman–Crippen MR) is 140 cm³/mol. The second-order valence-corrected chi connectivity index (χ2v) is 9.47. The SMILES string of the molecule is CC1=C(C(=O)Nc2ccccc2)[C@@H](c2ccccc2Cl)C(C#N)=C(SCc2ccccc2Cl)N1. The molecular formula is C27H21Cl2N3OS. The Hall–Kier alpha value is -3.17. The number of nitriles is 1. The monoisotopic (exact) mass is 505 g/mol. The standard InChI is InChI=1S/C27H21Cl2N3OS/c1-17-24(26(33)32-19-10-3-2-4-11-19)25(20-12-6-8-14-23(20)29)21(15-30)27(31-17)34-16-18-9-5-7-13-22(18)28/h2-14,25,31H,16H2,1H3,(H,32,33)/t25-/m0/s1. The molecule has 0 aromatic heterocycles. The van der Waals surface area contributed by atoms with Gasteiger partial charge in [0, 0.05) is 32.8 Å². The second kappa shape index (κ2) is 10.8. The van der Waals surface area contributed by atoms with E-state index in [-0.39, 0.29) is 5.91 Å². The molecule has 3 aromatic rings. The van der Waals surface area contributed by atoms with Crippen molar-refractivity contribution in [3.63, 3.8) is 0 Å². The van der Waals surface area contributed by atoms with Gasteiger partial charge in [-0.2, -0.15) is 5.26 Å². The van der Waals surface area contributed by atoms with Crippen LogP contribution in [0.2, 0.25) is 10.0 Å². The first-order valence-electron chi connectivity index (χ1n) is 10.6. The fraction of sp³-hybridized carbons (Fsp3) is 0.111. The highest BCUT2D eigenvalue weighted by atomic mass is 35.5. The zero-order valence-electron chi connectivity index (χ0n) is 18.3. The number of dihydropyridines is 1. The minimum atomic E-state index is -0.614. The lowest BCUT2D eigenvalue weighted by Gasteiger charge is -2.30. The van der Waals surface area contributed by atoms with Crippen molar-refractivity contribution < 1.29 is 4.79 Å². The lowest BCUT2D eigenvalue weighted by molar-refractivity contribution is -0.113. The van der Waals surface area contributed by atoms with E-state index >= 15 is 0 Å². The molecule has 7 heteroatoms. The Kier molecular flexibility index (Phi) is 7.64. The van der Waals surface area contributed by atoms with E-state index in [2.05, 4.69) is 16.7 Å². The zero-order chi connectivity index (χ0) is 24.1. The van der Waals surface area contributed by atoms with Crippen molar-refractivity contribution in [2.45, 2.75) is 18.6 Å². The van der Waals surface area contributed by atoms with E-state index in [9.17, 15) is 10.1 Å². The number of nitrogens with zero attached hydrogens (tertiary/aromatic N) is 1. The Morgan fingerprint density at radius 3 is 2.32 bits per heavy atom. The van der Waals surface area contributed by atoms with Gasteiger partial charge in [-0.05, 0) is 42.3 Å². The number of amides is 1. The molecule has 0 bridgehead atoms. The van der Waals surface area contributed by atoms with Gasteiger partial charge in [-0.25, -0.2) is 0 Å². The predicted octanol–water partition coefficient (Wildman–Crippen LogP) is 7.26. The van der Waals surface area contributed by atoms with Crippen molar-refractivity contribution in [1.29, 1.82) is 5.26 Å². The van der Waals surface area contributed by atoms with Crippen LogP contribution in [0.25, 0.3) is 0 Å². The van der Waals surface area contributed by atoms with E-state index in [4.69, 9.17) is 23.2 Å². The molecule has 0 fully saturated rings. The van der Waals surface area contributed by atoms with Crippen LogP contribution >= 0.6 is 35.0 Å². The Balaban J connectivity index is 1.75. The molecule has 0 saturated carbocycles. The van der Waals surface area contributed by atoms with Crippen LogP contribution in [0.5, 0.6) is 0 Å². The number of para-hydroxylation sites is 1. The molecule has 0 radical (unpaired) electrons. The van der Waals surface area contributed by atoms with Gasteiger partial charge in [0.15, 0.2) is 0 Å². The van der Waals surface area contributed by atoms with Crippen molar-refractivity contribution in [3.05, 3.63) is 122 Å². The summed E-state index contributed by atoms with van der Waals surface area (Å²) in [6.07, 6.45) is 0. The number of thioether (sulfide) groups is 1. The number of halogens is 2. The van der Waals surface area contributed by atoms with Gasteiger partial charge in [-0.15, -0.1) is 11.8 Å². The van der Waals surface area contributed by atoms with Crippen LogP contribution in [0, 0.1) is 11.3 Å². The number of hydrogen-bond acceptors (Lipinski definition) is 4. The van der Waals surface area contributed by atoms with Crippen LogP contribution in [0.15, 0.2) is 101 Å². The highest BCUT2D eigenvalue weighted by Crippen LogP contribution is 2.43. The molecule has 1 aliphatic rings. The highest BCUT2D eigenvalue weighted by molar-refractivity contribution is 8.02. The maximum absolute atomic E-state index is 13.5. The van der Waals surface area contributed by atoms with Gasteiger partial charge in [0.1, 0.15) is 0 Å². The number of carbonyl (C=O) groups excluding carboxylic acids is 1. The molecule has 0 spiro atoms. The highest BCUT2D eigenvalue weighted by Gasteiger charge is 2.35. The zero-order valence-corrected chi connectivity index (χ0v) is 20.6. The van der Waals surface area contributed by atoms with Gasteiger partial charge in [-0.1, -0.05) is 77.8 Å². The number of benzene rings is 3. The van der Waals surface area contributed by atoms with Crippen molar-refractivity contribution in [2.75, 3.05) is 5.32 Å².